The number of benzene rings is 1. The van der Waals surface area contributed by atoms with Gasteiger partial charge in [0.05, 0.1) is 5.69 Å². The van der Waals surface area contributed by atoms with Crippen molar-refractivity contribution in [3.8, 4) is 5.69 Å². The molecule has 0 unspecified atom stereocenters. The molecule has 0 amide bonds. The van der Waals surface area contributed by atoms with Gasteiger partial charge >= 0.3 is 0 Å². The molecule has 1 aromatic heterocycles. The van der Waals surface area contributed by atoms with Gasteiger partial charge in [0.15, 0.2) is 0 Å². The minimum absolute atomic E-state index is 0.115. The number of aryl methyl sites for hydroxylation is 1. The fourth-order valence-electron chi connectivity index (χ4n) is 1.82. The molecule has 1 heterocycles. The Kier molecular flexibility index (Phi) is 2.97. The topological polar surface area (TPSA) is 74.0 Å². The average molecular weight is 229 g/mol. The quantitative estimate of drug-likeness (QED) is 0.812. The number of anilines is 1. The van der Waals surface area contributed by atoms with E-state index >= 15 is 0 Å². The lowest BCUT2D eigenvalue weighted by molar-refractivity contribution is 0.921. The second kappa shape index (κ2) is 4.43. The second-order valence-corrected chi connectivity index (χ2v) is 3.96. The summed E-state index contributed by atoms with van der Waals surface area (Å²) < 4.78 is 1.55. The lowest BCUT2D eigenvalue weighted by Crippen LogP contribution is -2.24. The summed E-state index contributed by atoms with van der Waals surface area (Å²) in [6.07, 6.45) is 1.63. The van der Waals surface area contributed by atoms with Crippen LogP contribution in [-0.4, -0.2) is 4.57 Å². The van der Waals surface area contributed by atoms with Gasteiger partial charge in [-0.1, -0.05) is 18.2 Å². The molecule has 4 N–H and O–H groups in total. The van der Waals surface area contributed by atoms with Gasteiger partial charge in [0, 0.05) is 24.0 Å². The minimum Gasteiger partial charge on any atom is -0.398 e. The van der Waals surface area contributed by atoms with Crippen molar-refractivity contribution in [2.45, 2.75) is 13.5 Å². The predicted octanol–water partition coefficient (Wildman–Crippen LogP) is 1.19. The van der Waals surface area contributed by atoms with Crippen molar-refractivity contribution in [1.29, 1.82) is 0 Å². The van der Waals surface area contributed by atoms with Crippen molar-refractivity contribution in [1.82, 2.24) is 4.57 Å². The van der Waals surface area contributed by atoms with E-state index in [0.29, 0.717) is 11.3 Å². The van der Waals surface area contributed by atoms with Gasteiger partial charge in [0.1, 0.15) is 0 Å². The van der Waals surface area contributed by atoms with Crippen LogP contribution >= 0.6 is 0 Å². The van der Waals surface area contributed by atoms with Crippen LogP contribution in [0.2, 0.25) is 0 Å². The first kappa shape index (κ1) is 11.4. The summed E-state index contributed by atoms with van der Waals surface area (Å²) in [4.78, 5) is 12.1. The number of nitrogen functional groups attached to an aromatic ring is 1. The maximum absolute atomic E-state index is 12.1. The molecule has 0 radical (unpaired) electrons. The highest BCUT2D eigenvalue weighted by Crippen LogP contribution is 2.13. The molecule has 0 bridgehead atoms. The Bertz CT molecular complexity index is 602. The molecule has 0 atom stereocenters. The summed E-state index contributed by atoms with van der Waals surface area (Å²) in [7, 11) is 0. The predicted molar refractivity (Wildman–Crippen MR) is 69.1 cm³/mol. The monoisotopic (exact) mass is 229 g/mol. The molecule has 88 valence electrons. The van der Waals surface area contributed by atoms with Gasteiger partial charge in [0.2, 0.25) is 0 Å². The van der Waals surface area contributed by atoms with Crippen molar-refractivity contribution >= 4 is 5.69 Å². The summed E-state index contributed by atoms with van der Waals surface area (Å²) in [5.74, 6) is 0. The fourth-order valence-corrected chi connectivity index (χ4v) is 1.82. The highest BCUT2D eigenvalue weighted by Gasteiger charge is 2.07. The van der Waals surface area contributed by atoms with Crippen LogP contribution in [0.25, 0.3) is 5.69 Å². The molecule has 17 heavy (non-hydrogen) atoms. The first-order chi connectivity index (χ1) is 8.13. The summed E-state index contributed by atoms with van der Waals surface area (Å²) in [6.45, 7) is 2.14. The van der Waals surface area contributed by atoms with Crippen LogP contribution in [-0.2, 0) is 6.54 Å². The number of nitrogens with zero attached hydrogens (tertiary/aromatic N) is 1. The number of nitrogens with two attached hydrogens (primary N) is 2. The van der Waals surface area contributed by atoms with Gasteiger partial charge < -0.3 is 11.5 Å². The van der Waals surface area contributed by atoms with Gasteiger partial charge in [-0.15, -0.1) is 0 Å². The maximum Gasteiger partial charge on any atom is 0.259 e. The molecule has 0 aliphatic heterocycles. The van der Waals surface area contributed by atoms with E-state index in [9.17, 15) is 4.79 Å². The molecule has 0 fully saturated rings. The van der Waals surface area contributed by atoms with Crippen LogP contribution < -0.4 is 17.0 Å². The van der Waals surface area contributed by atoms with Crippen LogP contribution in [0.15, 0.2) is 41.3 Å². The molecule has 4 heteroatoms. The Labute approximate surface area is 99.5 Å². The Morgan fingerprint density at radius 3 is 2.65 bits per heavy atom. The molecule has 0 spiro atoms. The zero-order chi connectivity index (χ0) is 12.4. The van der Waals surface area contributed by atoms with Crippen LogP contribution in [0.5, 0.6) is 0 Å². The Hall–Kier alpha value is -2.07. The number of rotatable bonds is 2. The van der Waals surface area contributed by atoms with Crippen LogP contribution in [0.1, 0.15) is 11.1 Å². The molecule has 4 nitrogen and oxygen atoms in total. The Morgan fingerprint density at radius 1 is 1.29 bits per heavy atom. The van der Waals surface area contributed by atoms with E-state index in [4.69, 9.17) is 11.5 Å². The van der Waals surface area contributed by atoms with Crippen molar-refractivity contribution < 1.29 is 0 Å². The van der Waals surface area contributed by atoms with Crippen molar-refractivity contribution in [2.75, 3.05) is 5.73 Å². The Balaban J connectivity index is 2.72. The number of pyridine rings is 1. The van der Waals surface area contributed by atoms with Gasteiger partial charge in [-0.25, -0.2) is 0 Å². The third-order valence-corrected chi connectivity index (χ3v) is 2.71. The van der Waals surface area contributed by atoms with Crippen molar-refractivity contribution in [3.63, 3.8) is 0 Å². The summed E-state index contributed by atoms with van der Waals surface area (Å²) >= 11 is 0. The third-order valence-electron chi connectivity index (χ3n) is 2.71. The van der Waals surface area contributed by atoms with Crippen molar-refractivity contribution in [2.24, 2.45) is 5.73 Å². The highest BCUT2D eigenvalue weighted by molar-refractivity contribution is 5.46. The molecule has 0 saturated carbocycles. The molecule has 2 rings (SSSR count). The number of hydrogen-bond donors (Lipinski definition) is 2. The SMILES string of the molecule is Cc1ccccc1-n1cc(N)cc(CN)c1=O. The highest BCUT2D eigenvalue weighted by atomic mass is 16.1. The van der Waals surface area contributed by atoms with Gasteiger partial charge in [-0.2, -0.15) is 0 Å². The second-order valence-electron chi connectivity index (χ2n) is 3.96. The molecular weight excluding hydrogens is 214 g/mol. The van der Waals surface area contributed by atoms with E-state index in [-0.39, 0.29) is 12.1 Å². The zero-order valence-electron chi connectivity index (χ0n) is 9.68. The molecule has 0 saturated heterocycles. The zero-order valence-corrected chi connectivity index (χ0v) is 9.68. The third kappa shape index (κ3) is 2.07. The largest absolute Gasteiger partial charge is 0.398 e. The van der Waals surface area contributed by atoms with E-state index < -0.39 is 0 Å². The summed E-state index contributed by atoms with van der Waals surface area (Å²) in [5, 5.41) is 0. The molecule has 1 aromatic carbocycles. The minimum atomic E-state index is -0.115. The van der Waals surface area contributed by atoms with Gasteiger partial charge in [0.25, 0.3) is 5.56 Å². The van der Waals surface area contributed by atoms with Gasteiger partial charge in [-0.3, -0.25) is 9.36 Å². The standard InChI is InChI=1S/C13H15N3O/c1-9-4-2-3-5-12(9)16-8-11(15)6-10(7-14)13(16)17/h2-6,8H,7,14-15H2,1H3. The number of aromatic nitrogens is 1. The number of para-hydroxylation sites is 1. The van der Waals surface area contributed by atoms with E-state index in [1.54, 1.807) is 16.8 Å². The lowest BCUT2D eigenvalue weighted by atomic mass is 10.2. The van der Waals surface area contributed by atoms with E-state index in [1.165, 1.54) is 0 Å². The normalized spacial score (nSPS) is 10.5. The fraction of sp³-hybridized carbons (Fsp3) is 0.154. The molecule has 0 aliphatic rings. The first-order valence-corrected chi connectivity index (χ1v) is 5.40. The van der Waals surface area contributed by atoms with Crippen LogP contribution in [0, 0.1) is 6.92 Å². The Morgan fingerprint density at radius 2 is 2.00 bits per heavy atom. The lowest BCUT2D eigenvalue weighted by Gasteiger charge is -2.11. The van der Waals surface area contributed by atoms with E-state index in [1.807, 2.05) is 31.2 Å². The van der Waals surface area contributed by atoms with E-state index in [2.05, 4.69) is 0 Å². The van der Waals surface area contributed by atoms with Crippen LogP contribution in [0.3, 0.4) is 0 Å². The maximum atomic E-state index is 12.1. The van der Waals surface area contributed by atoms with E-state index in [0.717, 1.165) is 11.3 Å². The average Bonchev–Trinajstić information content (AvgIpc) is 2.32. The molecule has 2 aromatic rings. The van der Waals surface area contributed by atoms with Crippen LogP contribution in [0.4, 0.5) is 5.69 Å². The smallest absolute Gasteiger partial charge is 0.259 e. The van der Waals surface area contributed by atoms with Gasteiger partial charge in [-0.05, 0) is 24.6 Å². The first-order valence-electron chi connectivity index (χ1n) is 5.40. The summed E-state index contributed by atoms with van der Waals surface area (Å²) in [6, 6.07) is 9.28. The number of hydrogen-bond acceptors (Lipinski definition) is 3. The molecular formula is C13H15N3O. The summed E-state index contributed by atoms with van der Waals surface area (Å²) in [5.41, 5.74) is 14.1. The van der Waals surface area contributed by atoms with Crippen molar-refractivity contribution in [3.05, 3.63) is 58.0 Å². The molecule has 0 aliphatic carbocycles.